The molecule has 4 unspecified atom stereocenters. The Labute approximate surface area is 305 Å². The summed E-state index contributed by atoms with van der Waals surface area (Å²) in [6.45, 7) is 5.18. The van der Waals surface area contributed by atoms with Gasteiger partial charge in [0.1, 0.15) is 30.2 Å². The Morgan fingerprint density at radius 2 is 1.73 bits per heavy atom. The Bertz CT molecular complexity index is 1470. The molecule has 4 amide bonds. The van der Waals surface area contributed by atoms with Crippen molar-refractivity contribution in [2.24, 2.45) is 5.92 Å². The van der Waals surface area contributed by atoms with Gasteiger partial charge in [0.15, 0.2) is 5.69 Å². The highest BCUT2D eigenvalue weighted by Gasteiger charge is 2.34. The highest BCUT2D eigenvalue weighted by molar-refractivity contribution is 5.95. The van der Waals surface area contributed by atoms with Crippen molar-refractivity contribution in [3.63, 3.8) is 0 Å². The highest BCUT2D eigenvalue weighted by Crippen LogP contribution is 2.28. The molecule has 288 valence electrons. The first-order valence-corrected chi connectivity index (χ1v) is 18.5. The number of hydrogen-bond acceptors (Lipinski definition) is 11. The van der Waals surface area contributed by atoms with Crippen LogP contribution in [-0.2, 0) is 23.9 Å². The average molecular weight is 730 g/mol. The third kappa shape index (κ3) is 13.2. The monoisotopic (exact) mass is 729 g/mol. The maximum absolute atomic E-state index is 13.8. The van der Waals surface area contributed by atoms with Gasteiger partial charge < -0.3 is 24.9 Å². The number of hydrogen-bond donors (Lipinski definition) is 5. The molecule has 4 atom stereocenters. The van der Waals surface area contributed by atoms with E-state index in [-0.39, 0.29) is 42.4 Å². The lowest BCUT2D eigenvalue weighted by Crippen LogP contribution is -2.50. The number of nitrogens with zero attached hydrogens (tertiary/aromatic N) is 3. The van der Waals surface area contributed by atoms with Crippen molar-refractivity contribution in [1.82, 2.24) is 25.7 Å². The van der Waals surface area contributed by atoms with Crippen LogP contribution in [0.4, 0.5) is 0 Å². The maximum atomic E-state index is 13.8. The van der Waals surface area contributed by atoms with Crippen LogP contribution >= 0.6 is 0 Å². The van der Waals surface area contributed by atoms with Crippen molar-refractivity contribution in [2.75, 3.05) is 13.1 Å². The molecular formula is C37H55N5O10. The van der Waals surface area contributed by atoms with Crippen molar-refractivity contribution >= 4 is 29.6 Å². The van der Waals surface area contributed by atoms with Gasteiger partial charge in [0, 0.05) is 20.0 Å². The van der Waals surface area contributed by atoms with E-state index in [1.54, 1.807) is 25.1 Å². The smallest absolute Gasteiger partial charge is 0.328 e. The number of oxazole rings is 1. The van der Waals surface area contributed by atoms with E-state index in [2.05, 4.69) is 22.5 Å². The third-order valence-electron chi connectivity index (χ3n) is 9.25. The molecular weight excluding hydrogens is 674 g/mol. The molecule has 2 aromatic rings. The van der Waals surface area contributed by atoms with Crippen LogP contribution in [0.1, 0.15) is 121 Å². The summed E-state index contributed by atoms with van der Waals surface area (Å²) in [4.78, 5) is 69.0. The number of phenols is 1. The molecule has 1 aliphatic heterocycles. The zero-order valence-electron chi connectivity index (χ0n) is 30.6. The van der Waals surface area contributed by atoms with Crippen LogP contribution in [0.5, 0.6) is 5.75 Å². The van der Waals surface area contributed by atoms with Gasteiger partial charge in [0.2, 0.25) is 17.7 Å². The lowest BCUT2D eigenvalue weighted by atomic mass is 9.96. The summed E-state index contributed by atoms with van der Waals surface area (Å²) in [5.41, 5.74) is 0.127. The van der Waals surface area contributed by atoms with E-state index >= 15 is 0 Å². The number of amides is 4. The molecule has 0 aliphatic carbocycles. The number of aromatic nitrogens is 1. The topological polar surface area (TPSA) is 212 Å². The van der Waals surface area contributed by atoms with Gasteiger partial charge in [0.05, 0.1) is 11.5 Å². The van der Waals surface area contributed by atoms with Gasteiger partial charge in [-0.2, -0.15) is 0 Å². The summed E-state index contributed by atoms with van der Waals surface area (Å²) in [6.07, 6.45) is 9.92. The Morgan fingerprint density at radius 3 is 2.44 bits per heavy atom. The summed E-state index contributed by atoms with van der Waals surface area (Å²) in [5, 5.41) is 36.6. The number of para-hydroxylation sites is 1. The van der Waals surface area contributed by atoms with E-state index < -0.39 is 53.7 Å². The largest absolute Gasteiger partial charge is 0.507 e. The number of rotatable bonds is 21. The Kier molecular flexibility index (Phi) is 17.5. The van der Waals surface area contributed by atoms with Gasteiger partial charge in [-0.25, -0.2) is 19.9 Å². The molecule has 1 saturated heterocycles. The number of nitrogens with one attached hydrogen (secondary N) is 2. The summed E-state index contributed by atoms with van der Waals surface area (Å²) < 4.78 is 11.4. The van der Waals surface area contributed by atoms with Crippen LogP contribution in [0.15, 0.2) is 34.9 Å². The quantitative estimate of drug-likeness (QED) is 0.0492. The van der Waals surface area contributed by atoms with E-state index in [1.807, 2.05) is 0 Å². The van der Waals surface area contributed by atoms with E-state index in [4.69, 9.17) is 9.15 Å². The van der Waals surface area contributed by atoms with Crippen molar-refractivity contribution in [3.05, 3.63) is 36.2 Å². The lowest BCUT2D eigenvalue weighted by Gasteiger charge is -2.28. The van der Waals surface area contributed by atoms with Crippen LogP contribution in [-0.4, -0.2) is 91.5 Å². The summed E-state index contributed by atoms with van der Waals surface area (Å²) in [6, 6.07) is 4.22. The first kappa shape index (κ1) is 41.9. The lowest BCUT2D eigenvalue weighted by molar-refractivity contribution is -0.167. The molecule has 1 aromatic carbocycles. The molecule has 1 aliphatic rings. The molecule has 1 fully saturated rings. The van der Waals surface area contributed by atoms with Crippen LogP contribution in [0.3, 0.4) is 0 Å². The fourth-order valence-corrected chi connectivity index (χ4v) is 5.98. The molecule has 0 radical (unpaired) electrons. The molecule has 3 rings (SSSR count). The van der Waals surface area contributed by atoms with E-state index in [9.17, 15) is 39.5 Å². The minimum atomic E-state index is -1.19. The van der Waals surface area contributed by atoms with E-state index in [0.717, 1.165) is 44.8 Å². The standard InChI is InChI=1S/C37H55N5O10/c1-4-5-6-7-8-9-10-21-32(25(2)33(45)38-28-18-13-16-23-42(50)36(28)47)52-37(48)29(19-14-15-22-41(49)26(3)43)39-34(46)30-24-51-35(40-30)27-17-11-12-20-31(27)44/h11-12,17,20,24-25,28-29,32,44,49-50H,4-10,13-16,18-19,21-23H2,1-3H3,(H,38,45)(H,39,46). The third-order valence-corrected chi connectivity index (χ3v) is 9.25. The molecule has 0 spiro atoms. The minimum Gasteiger partial charge on any atom is -0.507 e. The Balaban J connectivity index is 1.77. The van der Waals surface area contributed by atoms with Gasteiger partial charge in [-0.05, 0) is 63.5 Å². The van der Waals surface area contributed by atoms with Gasteiger partial charge in [-0.15, -0.1) is 0 Å². The first-order chi connectivity index (χ1) is 24.9. The second-order valence-corrected chi connectivity index (χ2v) is 13.4. The molecule has 5 N–H and O–H groups in total. The molecule has 2 heterocycles. The summed E-state index contributed by atoms with van der Waals surface area (Å²) >= 11 is 0. The normalized spacial score (nSPS) is 16.4. The predicted molar refractivity (Wildman–Crippen MR) is 189 cm³/mol. The van der Waals surface area contributed by atoms with Crippen LogP contribution in [0.2, 0.25) is 0 Å². The summed E-state index contributed by atoms with van der Waals surface area (Å²) in [7, 11) is 0. The molecule has 0 bridgehead atoms. The number of hydroxylamine groups is 4. The predicted octanol–water partition coefficient (Wildman–Crippen LogP) is 5.13. The second-order valence-electron chi connectivity index (χ2n) is 13.4. The number of esters is 1. The van der Waals surface area contributed by atoms with Crippen LogP contribution in [0.25, 0.3) is 11.5 Å². The zero-order chi connectivity index (χ0) is 38.0. The number of unbranched alkanes of at least 4 members (excludes halogenated alkanes) is 7. The number of aromatic hydroxyl groups is 1. The maximum Gasteiger partial charge on any atom is 0.328 e. The van der Waals surface area contributed by atoms with E-state index in [0.29, 0.717) is 55.1 Å². The average Bonchev–Trinajstić information content (AvgIpc) is 3.56. The Morgan fingerprint density at radius 1 is 1.04 bits per heavy atom. The van der Waals surface area contributed by atoms with Gasteiger partial charge in [0.25, 0.3) is 11.8 Å². The molecule has 15 nitrogen and oxygen atoms in total. The van der Waals surface area contributed by atoms with Crippen LogP contribution in [0, 0.1) is 5.92 Å². The SMILES string of the molecule is CCCCCCCCCC(OC(=O)C(CCCCN(O)C(C)=O)NC(=O)c1coc(-c2ccccc2O)n1)C(C)C(=O)NC1CCCCN(O)C1=O. The fourth-order valence-electron chi connectivity index (χ4n) is 5.98. The van der Waals surface area contributed by atoms with Gasteiger partial charge >= 0.3 is 5.97 Å². The van der Waals surface area contributed by atoms with Crippen molar-refractivity contribution in [2.45, 2.75) is 129 Å². The highest BCUT2D eigenvalue weighted by atomic mass is 16.5. The summed E-state index contributed by atoms with van der Waals surface area (Å²) in [5.74, 6) is -4.11. The van der Waals surface area contributed by atoms with Crippen LogP contribution < -0.4 is 10.6 Å². The minimum absolute atomic E-state index is 0.000658. The molecule has 52 heavy (non-hydrogen) atoms. The molecule has 15 heteroatoms. The fraction of sp³-hybridized carbons (Fsp3) is 0.622. The zero-order valence-corrected chi connectivity index (χ0v) is 30.6. The number of carbonyl (C=O) groups is 5. The number of ether oxygens (including phenoxy) is 1. The molecule has 0 saturated carbocycles. The first-order valence-electron chi connectivity index (χ1n) is 18.5. The second kappa shape index (κ2) is 21.8. The number of carbonyl (C=O) groups excluding carboxylic acids is 5. The van der Waals surface area contributed by atoms with Crippen molar-refractivity contribution in [3.8, 4) is 17.2 Å². The molecule has 1 aromatic heterocycles. The number of benzene rings is 1. The van der Waals surface area contributed by atoms with Crippen molar-refractivity contribution < 1.29 is 48.6 Å². The van der Waals surface area contributed by atoms with Crippen molar-refractivity contribution in [1.29, 1.82) is 0 Å². The van der Waals surface area contributed by atoms with E-state index in [1.165, 1.54) is 13.0 Å². The Hall–Kier alpha value is -4.50. The number of phenolic OH excluding ortho intramolecular Hbond substituents is 1. The van der Waals surface area contributed by atoms with Gasteiger partial charge in [-0.1, -0.05) is 64.5 Å². The van der Waals surface area contributed by atoms with Gasteiger partial charge in [-0.3, -0.25) is 29.6 Å².